The van der Waals surface area contributed by atoms with E-state index in [9.17, 15) is 0 Å². The summed E-state index contributed by atoms with van der Waals surface area (Å²) in [5.41, 5.74) is 0.418. The van der Waals surface area contributed by atoms with Gasteiger partial charge in [0, 0.05) is 6.42 Å². The molecule has 0 bridgehead atoms. The lowest BCUT2D eigenvalue weighted by Crippen LogP contribution is -2.33. The van der Waals surface area contributed by atoms with E-state index in [0.717, 1.165) is 25.5 Å². The molecule has 0 saturated heterocycles. The second kappa shape index (κ2) is 6.44. The summed E-state index contributed by atoms with van der Waals surface area (Å²) in [5.74, 6) is 1.90. The topological polar surface area (TPSA) is 21.3 Å². The van der Waals surface area contributed by atoms with Crippen LogP contribution in [-0.4, -0.2) is 19.2 Å². The van der Waals surface area contributed by atoms with Crippen LogP contribution in [0.3, 0.4) is 0 Å². The van der Waals surface area contributed by atoms with Gasteiger partial charge in [0.05, 0.1) is 12.6 Å². The summed E-state index contributed by atoms with van der Waals surface area (Å²) in [6, 6.07) is 0.417. The molecule has 1 aliphatic heterocycles. The number of rotatable bonds is 6. The molecular formula is C15H29NO. The highest BCUT2D eigenvalue weighted by molar-refractivity contribution is 5.07. The maximum Gasteiger partial charge on any atom is 0.109 e. The maximum atomic E-state index is 5.70. The number of likely N-dealkylation sites (N-methyl/N-ethyl adjacent to an activating group) is 1. The normalized spacial score (nSPS) is 19.7. The Kier molecular flexibility index (Phi) is 5.51. The third kappa shape index (κ3) is 5.58. The Bertz CT molecular complexity index is 252. The second-order valence-corrected chi connectivity index (χ2v) is 6.46. The van der Waals surface area contributed by atoms with Gasteiger partial charge in [-0.05, 0) is 36.8 Å². The molecule has 1 aliphatic rings. The SMILES string of the molecule is CCNC(CC(C)CC(C)(C)C)C1=CCCO1. The van der Waals surface area contributed by atoms with Gasteiger partial charge in [0.1, 0.15) is 5.76 Å². The van der Waals surface area contributed by atoms with Gasteiger partial charge in [0.25, 0.3) is 0 Å². The Morgan fingerprint density at radius 3 is 2.59 bits per heavy atom. The smallest absolute Gasteiger partial charge is 0.109 e. The summed E-state index contributed by atoms with van der Waals surface area (Å²) in [5, 5.41) is 3.55. The molecule has 2 unspecified atom stereocenters. The van der Waals surface area contributed by atoms with Crippen LogP contribution in [-0.2, 0) is 4.74 Å². The fourth-order valence-electron chi connectivity index (χ4n) is 2.76. The molecule has 1 N–H and O–H groups in total. The van der Waals surface area contributed by atoms with Crippen LogP contribution in [0.5, 0.6) is 0 Å². The molecule has 1 rings (SSSR count). The average molecular weight is 239 g/mol. The summed E-state index contributed by atoms with van der Waals surface area (Å²) in [7, 11) is 0. The Morgan fingerprint density at radius 2 is 2.12 bits per heavy atom. The van der Waals surface area contributed by atoms with Crippen LogP contribution in [0.2, 0.25) is 0 Å². The monoisotopic (exact) mass is 239 g/mol. The lowest BCUT2D eigenvalue weighted by Gasteiger charge is -2.27. The molecule has 2 atom stereocenters. The van der Waals surface area contributed by atoms with E-state index in [-0.39, 0.29) is 0 Å². The molecule has 0 saturated carbocycles. The molecule has 100 valence electrons. The molecular weight excluding hydrogens is 210 g/mol. The summed E-state index contributed by atoms with van der Waals surface area (Å²) < 4.78 is 5.70. The number of hydrogen-bond donors (Lipinski definition) is 1. The first-order valence-corrected chi connectivity index (χ1v) is 6.98. The van der Waals surface area contributed by atoms with E-state index < -0.39 is 0 Å². The van der Waals surface area contributed by atoms with Crippen molar-refractivity contribution in [1.82, 2.24) is 5.32 Å². The summed E-state index contributed by atoms with van der Waals surface area (Å²) >= 11 is 0. The fraction of sp³-hybridized carbons (Fsp3) is 0.867. The van der Waals surface area contributed by atoms with Crippen molar-refractivity contribution in [2.75, 3.05) is 13.2 Å². The van der Waals surface area contributed by atoms with Crippen LogP contribution < -0.4 is 5.32 Å². The zero-order valence-corrected chi connectivity index (χ0v) is 12.2. The van der Waals surface area contributed by atoms with Crippen LogP contribution >= 0.6 is 0 Å². The van der Waals surface area contributed by atoms with Crippen molar-refractivity contribution in [3.63, 3.8) is 0 Å². The second-order valence-electron chi connectivity index (χ2n) is 6.46. The van der Waals surface area contributed by atoms with Crippen LogP contribution in [0.25, 0.3) is 0 Å². The van der Waals surface area contributed by atoms with Crippen LogP contribution in [0, 0.1) is 11.3 Å². The van der Waals surface area contributed by atoms with E-state index in [4.69, 9.17) is 4.74 Å². The highest BCUT2D eigenvalue weighted by atomic mass is 16.5. The zero-order valence-electron chi connectivity index (χ0n) is 12.2. The summed E-state index contributed by atoms with van der Waals surface area (Å²) in [6.45, 7) is 13.3. The highest BCUT2D eigenvalue weighted by Crippen LogP contribution is 2.28. The fourth-order valence-corrected chi connectivity index (χ4v) is 2.76. The van der Waals surface area contributed by atoms with Gasteiger partial charge in [-0.15, -0.1) is 0 Å². The van der Waals surface area contributed by atoms with Gasteiger partial charge in [-0.3, -0.25) is 0 Å². The standard InChI is InChI=1S/C15H29NO/c1-6-16-13(14-8-7-9-17-14)10-12(2)11-15(3,4)5/h8,12-13,16H,6-7,9-11H2,1-5H3. The molecule has 0 aromatic carbocycles. The van der Waals surface area contributed by atoms with E-state index in [1.165, 1.54) is 18.6 Å². The molecule has 0 aromatic heterocycles. The highest BCUT2D eigenvalue weighted by Gasteiger charge is 2.23. The first kappa shape index (κ1) is 14.6. The van der Waals surface area contributed by atoms with Crippen molar-refractivity contribution >= 4 is 0 Å². The maximum absolute atomic E-state index is 5.70. The number of hydrogen-bond acceptors (Lipinski definition) is 2. The molecule has 2 heteroatoms. The molecule has 1 heterocycles. The van der Waals surface area contributed by atoms with E-state index in [1.807, 2.05) is 0 Å². The Labute approximate surface area is 107 Å². The Hall–Kier alpha value is -0.500. The van der Waals surface area contributed by atoms with Gasteiger partial charge >= 0.3 is 0 Å². The minimum absolute atomic E-state index is 0.417. The van der Waals surface area contributed by atoms with Gasteiger partial charge in [-0.1, -0.05) is 34.6 Å². The predicted molar refractivity (Wildman–Crippen MR) is 74.0 cm³/mol. The van der Waals surface area contributed by atoms with Crippen molar-refractivity contribution in [1.29, 1.82) is 0 Å². The van der Waals surface area contributed by atoms with E-state index in [0.29, 0.717) is 11.5 Å². The van der Waals surface area contributed by atoms with Crippen molar-refractivity contribution < 1.29 is 4.74 Å². The Balaban J connectivity index is 2.48. The van der Waals surface area contributed by atoms with Crippen LogP contribution in [0.15, 0.2) is 11.8 Å². The van der Waals surface area contributed by atoms with Gasteiger partial charge in [0.15, 0.2) is 0 Å². The first-order valence-electron chi connectivity index (χ1n) is 6.98. The quantitative estimate of drug-likeness (QED) is 0.762. The molecule has 0 fully saturated rings. The predicted octanol–water partition coefficient (Wildman–Crippen LogP) is 3.73. The minimum Gasteiger partial charge on any atom is -0.496 e. The molecule has 17 heavy (non-hydrogen) atoms. The molecule has 0 aliphatic carbocycles. The molecule has 0 aromatic rings. The Morgan fingerprint density at radius 1 is 1.41 bits per heavy atom. The molecule has 0 amide bonds. The molecule has 0 spiro atoms. The lowest BCUT2D eigenvalue weighted by atomic mass is 9.82. The van der Waals surface area contributed by atoms with Crippen LogP contribution in [0.4, 0.5) is 0 Å². The van der Waals surface area contributed by atoms with Gasteiger partial charge in [-0.2, -0.15) is 0 Å². The van der Waals surface area contributed by atoms with Gasteiger partial charge < -0.3 is 10.1 Å². The molecule has 2 nitrogen and oxygen atoms in total. The van der Waals surface area contributed by atoms with E-state index >= 15 is 0 Å². The third-order valence-corrected chi connectivity index (χ3v) is 3.12. The van der Waals surface area contributed by atoms with E-state index in [2.05, 4.69) is 46.0 Å². The van der Waals surface area contributed by atoms with Crippen molar-refractivity contribution in [3.05, 3.63) is 11.8 Å². The number of ether oxygens (including phenoxy) is 1. The minimum atomic E-state index is 0.417. The first-order chi connectivity index (χ1) is 7.92. The van der Waals surface area contributed by atoms with Crippen molar-refractivity contribution in [2.24, 2.45) is 11.3 Å². The van der Waals surface area contributed by atoms with Crippen molar-refractivity contribution in [2.45, 2.75) is 59.9 Å². The van der Waals surface area contributed by atoms with Crippen molar-refractivity contribution in [3.8, 4) is 0 Å². The summed E-state index contributed by atoms with van der Waals surface area (Å²) in [6.07, 6.45) is 5.77. The lowest BCUT2D eigenvalue weighted by molar-refractivity contribution is 0.197. The zero-order chi connectivity index (χ0) is 12.9. The third-order valence-electron chi connectivity index (χ3n) is 3.12. The van der Waals surface area contributed by atoms with Gasteiger partial charge in [0.2, 0.25) is 0 Å². The molecule has 0 radical (unpaired) electrons. The largest absolute Gasteiger partial charge is 0.496 e. The number of nitrogens with one attached hydrogen (secondary N) is 1. The van der Waals surface area contributed by atoms with Gasteiger partial charge in [-0.25, -0.2) is 0 Å². The van der Waals surface area contributed by atoms with Crippen LogP contribution in [0.1, 0.15) is 53.9 Å². The van der Waals surface area contributed by atoms with E-state index in [1.54, 1.807) is 0 Å². The average Bonchev–Trinajstić information content (AvgIpc) is 2.66. The summed E-state index contributed by atoms with van der Waals surface area (Å²) in [4.78, 5) is 0.